The Bertz CT molecular complexity index is 152. The molecule has 1 rings (SSSR count). The van der Waals surface area contributed by atoms with Gasteiger partial charge in [0.1, 0.15) is 0 Å². The summed E-state index contributed by atoms with van der Waals surface area (Å²) in [6, 6.07) is 0.810. The first-order valence-electron chi connectivity index (χ1n) is 5.95. The molecular formula is C12H25NO. The summed E-state index contributed by atoms with van der Waals surface area (Å²) in [5.41, 5.74) is 0.288. The zero-order chi connectivity index (χ0) is 10.4. The van der Waals surface area contributed by atoms with Gasteiger partial charge in [-0.25, -0.2) is 0 Å². The fraction of sp³-hybridized carbons (Fsp3) is 1.00. The Morgan fingerprint density at radius 3 is 2.64 bits per heavy atom. The van der Waals surface area contributed by atoms with Crippen LogP contribution in [0, 0.1) is 5.41 Å². The minimum absolute atomic E-state index is 0.288. The van der Waals surface area contributed by atoms with Crippen molar-refractivity contribution in [2.75, 3.05) is 19.8 Å². The summed E-state index contributed by atoms with van der Waals surface area (Å²) >= 11 is 0. The molecule has 14 heavy (non-hydrogen) atoms. The van der Waals surface area contributed by atoms with Crippen LogP contribution in [-0.2, 0) is 4.74 Å². The van der Waals surface area contributed by atoms with Gasteiger partial charge in [0, 0.05) is 24.6 Å². The summed E-state index contributed by atoms with van der Waals surface area (Å²) in [6.07, 6.45) is 5.15. The van der Waals surface area contributed by atoms with Crippen molar-refractivity contribution in [1.82, 2.24) is 5.32 Å². The molecule has 0 amide bonds. The highest BCUT2D eigenvalue weighted by atomic mass is 16.5. The van der Waals surface area contributed by atoms with Crippen LogP contribution in [0.5, 0.6) is 0 Å². The lowest BCUT2D eigenvalue weighted by Gasteiger charge is -2.24. The van der Waals surface area contributed by atoms with E-state index < -0.39 is 0 Å². The molecule has 2 nitrogen and oxygen atoms in total. The molecule has 1 N–H and O–H groups in total. The van der Waals surface area contributed by atoms with Crippen molar-refractivity contribution in [2.45, 2.75) is 52.5 Å². The van der Waals surface area contributed by atoms with Crippen LogP contribution in [0.1, 0.15) is 46.5 Å². The van der Waals surface area contributed by atoms with Gasteiger partial charge in [-0.2, -0.15) is 0 Å². The largest absolute Gasteiger partial charge is 0.381 e. The molecule has 84 valence electrons. The molecule has 1 aliphatic carbocycles. The molecule has 1 aliphatic rings. The van der Waals surface area contributed by atoms with E-state index >= 15 is 0 Å². The van der Waals surface area contributed by atoms with Crippen molar-refractivity contribution < 1.29 is 4.74 Å². The second-order valence-corrected chi connectivity index (χ2v) is 5.23. The van der Waals surface area contributed by atoms with Gasteiger partial charge in [0.25, 0.3) is 0 Å². The lowest BCUT2D eigenvalue weighted by Crippen LogP contribution is -2.34. The van der Waals surface area contributed by atoms with Gasteiger partial charge < -0.3 is 10.1 Å². The third kappa shape index (κ3) is 5.61. The summed E-state index contributed by atoms with van der Waals surface area (Å²) in [4.78, 5) is 0. The maximum absolute atomic E-state index is 5.65. The summed E-state index contributed by atoms with van der Waals surface area (Å²) in [6.45, 7) is 9.63. The Balaban J connectivity index is 1.99. The second kappa shape index (κ2) is 5.72. The van der Waals surface area contributed by atoms with Crippen molar-refractivity contribution in [1.29, 1.82) is 0 Å². The lowest BCUT2D eigenvalue weighted by atomic mass is 9.95. The van der Waals surface area contributed by atoms with Crippen LogP contribution in [-0.4, -0.2) is 25.8 Å². The predicted molar refractivity (Wildman–Crippen MR) is 60.5 cm³/mol. The first-order chi connectivity index (χ1) is 6.64. The average molecular weight is 199 g/mol. The molecule has 0 aromatic rings. The number of hydrogen-bond donors (Lipinski definition) is 1. The molecule has 0 saturated heterocycles. The van der Waals surface area contributed by atoms with Crippen molar-refractivity contribution in [3.63, 3.8) is 0 Å². The van der Waals surface area contributed by atoms with Crippen molar-refractivity contribution in [3.8, 4) is 0 Å². The fourth-order valence-electron chi connectivity index (χ4n) is 1.35. The second-order valence-electron chi connectivity index (χ2n) is 5.23. The Morgan fingerprint density at radius 2 is 2.07 bits per heavy atom. The molecule has 2 heteroatoms. The molecule has 0 radical (unpaired) electrons. The molecule has 0 aliphatic heterocycles. The van der Waals surface area contributed by atoms with E-state index in [1.165, 1.54) is 25.7 Å². The molecule has 1 fully saturated rings. The molecule has 0 atom stereocenters. The highest BCUT2D eigenvalue weighted by Gasteiger charge is 2.25. The standard InChI is InChI=1S/C12H25NO/c1-4-5-8-14-10-12(2,3)9-13-11-6-7-11/h11,13H,4-10H2,1-3H3. The number of nitrogens with one attached hydrogen (secondary N) is 1. The van der Waals surface area contributed by atoms with Crippen LogP contribution >= 0.6 is 0 Å². The average Bonchev–Trinajstić information content (AvgIpc) is 2.93. The molecule has 0 bridgehead atoms. The van der Waals surface area contributed by atoms with Crippen LogP contribution in [0.25, 0.3) is 0 Å². The normalized spacial score (nSPS) is 17.4. The van der Waals surface area contributed by atoms with Crippen LogP contribution in [0.2, 0.25) is 0 Å². The van der Waals surface area contributed by atoms with E-state index in [0.717, 1.165) is 25.8 Å². The van der Waals surface area contributed by atoms with Gasteiger partial charge in [0.15, 0.2) is 0 Å². The van der Waals surface area contributed by atoms with Crippen LogP contribution in [0.3, 0.4) is 0 Å². The first kappa shape index (κ1) is 12.0. The molecule has 0 spiro atoms. The number of hydrogen-bond acceptors (Lipinski definition) is 2. The third-order valence-electron chi connectivity index (χ3n) is 2.58. The van der Waals surface area contributed by atoms with Crippen molar-refractivity contribution in [3.05, 3.63) is 0 Å². The molecule has 0 aromatic heterocycles. The maximum Gasteiger partial charge on any atom is 0.0529 e. The van der Waals surface area contributed by atoms with Crippen LogP contribution in [0.4, 0.5) is 0 Å². The van der Waals surface area contributed by atoms with E-state index in [1.54, 1.807) is 0 Å². The topological polar surface area (TPSA) is 21.3 Å². The molecule has 0 aromatic carbocycles. The first-order valence-corrected chi connectivity index (χ1v) is 5.95. The van der Waals surface area contributed by atoms with E-state index in [-0.39, 0.29) is 5.41 Å². The Morgan fingerprint density at radius 1 is 1.36 bits per heavy atom. The van der Waals surface area contributed by atoms with Gasteiger partial charge in [-0.3, -0.25) is 0 Å². The van der Waals surface area contributed by atoms with Crippen LogP contribution < -0.4 is 5.32 Å². The number of rotatable bonds is 8. The molecular weight excluding hydrogens is 174 g/mol. The fourth-order valence-corrected chi connectivity index (χ4v) is 1.35. The maximum atomic E-state index is 5.65. The zero-order valence-corrected chi connectivity index (χ0v) is 9.94. The number of ether oxygens (including phenoxy) is 1. The quantitative estimate of drug-likeness (QED) is 0.607. The summed E-state index contributed by atoms with van der Waals surface area (Å²) in [5, 5.41) is 3.56. The highest BCUT2D eigenvalue weighted by Crippen LogP contribution is 2.21. The van der Waals surface area contributed by atoms with E-state index in [4.69, 9.17) is 4.74 Å². The molecule has 1 saturated carbocycles. The predicted octanol–water partition coefficient (Wildman–Crippen LogP) is 2.58. The van der Waals surface area contributed by atoms with Crippen molar-refractivity contribution >= 4 is 0 Å². The van der Waals surface area contributed by atoms with E-state index in [9.17, 15) is 0 Å². The van der Waals surface area contributed by atoms with Gasteiger partial charge in [-0.1, -0.05) is 27.2 Å². The van der Waals surface area contributed by atoms with Gasteiger partial charge in [-0.15, -0.1) is 0 Å². The van der Waals surface area contributed by atoms with Crippen LogP contribution in [0.15, 0.2) is 0 Å². The van der Waals surface area contributed by atoms with Gasteiger partial charge >= 0.3 is 0 Å². The molecule has 0 heterocycles. The lowest BCUT2D eigenvalue weighted by molar-refractivity contribution is 0.0602. The Hall–Kier alpha value is -0.0800. The van der Waals surface area contributed by atoms with Gasteiger partial charge in [0.2, 0.25) is 0 Å². The smallest absolute Gasteiger partial charge is 0.0529 e. The summed E-state index contributed by atoms with van der Waals surface area (Å²) in [7, 11) is 0. The highest BCUT2D eigenvalue weighted by molar-refractivity contribution is 4.83. The summed E-state index contributed by atoms with van der Waals surface area (Å²) < 4.78 is 5.65. The summed E-state index contributed by atoms with van der Waals surface area (Å²) in [5.74, 6) is 0. The zero-order valence-electron chi connectivity index (χ0n) is 9.94. The number of unbranched alkanes of at least 4 members (excludes halogenated alkanes) is 1. The van der Waals surface area contributed by atoms with Gasteiger partial charge in [-0.05, 0) is 19.3 Å². The van der Waals surface area contributed by atoms with Gasteiger partial charge in [0.05, 0.1) is 6.61 Å². The van der Waals surface area contributed by atoms with E-state index in [1.807, 2.05) is 0 Å². The third-order valence-corrected chi connectivity index (χ3v) is 2.58. The monoisotopic (exact) mass is 199 g/mol. The minimum Gasteiger partial charge on any atom is -0.381 e. The molecule has 0 unspecified atom stereocenters. The van der Waals surface area contributed by atoms with Crippen molar-refractivity contribution in [2.24, 2.45) is 5.41 Å². The SMILES string of the molecule is CCCCOCC(C)(C)CNC1CC1. The Kier molecular flexibility index (Phi) is 4.90. The minimum atomic E-state index is 0.288. The van der Waals surface area contributed by atoms with E-state index in [0.29, 0.717) is 0 Å². The van der Waals surface area contributed by atoms with E-state index in [2.05, 4.69) is 26.1 Å². The Labute approximate surface area is 88.4 Å².